The molecule has 0 saturated carbocycles. The van der Waals surface area contributed by atoms with Crippen molar-refractivity contribution < 1.29 is 0 Å². The molecule has 0 fully saturated rings. The summed E-state index contributed by atoms with van der Waals surface area (Å²) in [5, 5.41) is 0. The summed E-state index contributed by atoms with van der Waals surface area (Å²) in [5.74, 6) is 0. The molecule has 0 radical (unpaired) electrons. The Morgan fingerprint density at radius 2 is 0.336 bits per heavy atom. The molecule has 0 saturated heterocycles. The number of rotatable bonds is 15. The van der Waals surface area contributed by atoms with E-state index in [1.54, 1.807) is 0 Å². The molecule has 0 aliphatic heterocycles. The summed E-state index contributed by atoms with van der Waals surface area (Å²) in [4.78, 5) is 0. The smallest absolute Gasteiger partial charge is 0.00699 e. The summed E-state index contributed by atoms with van der Waals surface area (Å²) in [5.41, 5.74) is 44.4. The van der Waals surface area contributed by atoms with Crippen molar-refractivity contribution in [3.8, 4) is 167 Å². The van der Waals surface area contributed by atoms with E-state index < -0.39 is 0 Å². The lowest BCUT2D eigenvalue weighted by molar-refractivity contribution is 1.45. The highest BCUT2D eigenvalue weighted by Gasteiger charge is 2.19. The van der Waals surface area contributed by atoms with E-state index in [4.69, 9.17) is 0 Å². The predicted molar refractivity (Wildman–Crippen MR) is 537 cm³/mol. The first kappa shape index (κ1) is 83.1. The summed E-state index contributed by atoms with van der Waals surface area (Å²) in [6.45, 7) is 10.9. The molecule has 600 valence electrons. The summed E-state index contributed by atoms with van der Waals surface area (Å²) < 4.78 is 0. The van der Waals surface area contributed by atoms with Gasteiger partial charge in [-0.2, -0.15) is 0 Å². The maximum Gasteiger partial charge on any atom is -0.00699 e. The van der Waals surface area contributed by atoms with Gasteiger partial charge in [0.05, 0.1) is 0 Å². The number of aryl methyl sites for hydroxylation is 5. The second kappa shape index (κ2) is 41.1. The highest BCUT2D eigenvalue weighted by atomic mass is 14.2. The zero-order chi connectivity index (χ0) is 85.3. The normalized spacial score (nSPS) is 10.6. The Hall–Kier alpha value is -15.6. The molecule has 20 aromatic carbocycles. The van der Waals surface area contributed by atoms with Gasteiger partial charge in [0, 0.05) is 0 Å². The third-order valence-corrected chi connectivity index (χ3v) is 22.9. The quantitative estimate of drug-likeness (QED) is 0.0960. The van der Waals surface area contributed by atoms with Crippen molar-refractivity contribution in [1.29, 1.82) is 0 Å². The van der Waals surface area contributed by atoms with Gasteiger partial charge >= 0.3 is 0 Å². The second-order valence-electron chi connectivity index (χ2n) is 31.6. The van der Waals surface area contributed by atoms with Crippen molar-refractivity contribution in [2.75, 3.05) is 0 Å². The SMILES string of the molecule is Cc1ccc(-c2ccccc2-c2ccccc2)c(-c2ccccc2)c1.Cc1cccc(-c2cc(-c3ccccc3)cc(-c3ccccc3)c2)c1.Cc1cccc(-c2ccccc2)c1-c1ccccc1-c1ccccc1.Cc1cccc(-c2ccccc2-c2ccccc2)c1-c1ccccc1.Cc1ccccc1-c1cc(-c2ccccc2)cc(-c2ccccc2)c1. The average molecular weight is 1600 g/mol. The number of hydrogen-bond donors (Lipinski definition) is 0. The molecule has 0 bridgehead atoms. The van der Waals surface area contributed by atoms with E-state index in [2.05, 4.69) is 550 Å². The van der Waals surface area contributed by atoms with Crippen LogP contribution in [0.1, 0.15) is 27.8 Å². The first-order valence-corrected chi connectivity index (χ1v) is 43.2. The first-order chi connectivity index (χ1) is 61.6. The molecular weight excluding hydrogens is 1500 g/mol. The van der Waals surface area contributed by atoms with Crippen LogP contribution in [0.3, 0.4) is 0 Å². The van der Waals surface area contributed by atoms with Gasteiger partial charge in [0.25, 0.3) is 0 Å². The van der Waals surface area contributed by atoms with Gasteiger partial charge in [0.2, 0.25) is 0 Å². The molecule has 0 heterocycles. The fourth-order valence-electron chi connectivity index (χ4n) is 16.7. The monoisotopic (exact) mass is 1600 g/mol. The maximum atomic E-state index is 2.30. The van der Waals surface area contributed by atoms with Crippen LogP contribution < -0.4 is 0 Å². The zero-order valence-electron chi connectivity index (χ0n) is 71.6. The standard InChI is InChI=1S/5C25H20/c1-19-11-10-18-23(21-14-6-3-7-15-21)25(19)24-17-9-8-16-22(24)20-12-4-2-5-13-20;1-19-11-10-18-24(25(19)21-14-6-3-7-15-21)23-17-9-8-16-22(23)20-12-4-2-5-13-20;1-19-10-8-9-15-25(19)24-17-22(20-11-4-2-5-12-20)16-23(18-24)21-13-6-3-7-14-21;1-19-9-8-14-22(15-19)25-17-23(20-10-4-2-5-11-20)16-24(18-25)21-12-6-3-7-13-21;1-19-16-17-24(25(18-19)21-12-6-3-7-13-21)23-15-9-8-14-22(23)20-10-4-2-5-11-20/h5*2-18H,1H3. The van der Waals surface area contributed by atoms with Gasteiger partial charge < -0.3 is 0 Å². The van der Waals surface area contributed by atoms with E-state index in [-0.39, 0.29) is 0 Å². The number of hydrogen-bond acceptors (Lipinski definition) is 0. The van der Waals surface area contributed by atoms with Crippen LogP contribution in [0.15, 0.2) is 516 Å². The predicted octanol–water partition coefficient (Wildman–Crippen LogP) is 35.0. The van der Waals surface area contributed by atoms with Crippen LogP contribution in [0.2, 0.25) is 0 Å². The second-order valence-corrected chi connectivity index (χ2v) is 31.6. The topological polar surface area (TPSA) is 0 Å². The van der Waals surface area contributed by atoms with E-state index in [1.807, 2.05) is 0 Å². The highest BCUT2D eigenvalue weighted by Crippen LogP contribution is 2.44. The Labute approximate surface area is 739 Å². The highest BCUT2D eigenvalue weighted by molar-refractivity contribution is 5.96. The van der Waals surface area contributed by atoms with Crippen molar-refractivity contribution in [3.05, 3.63) is 543 Å². The van der Waals surface area contributed by atoms with E-state index in [0.717, 1.165) is 0 Å². The van der Waals surface area contributed by atoms with Crippen LogP contribution >= 0.6 is 0 Å². The van der Waals surface area contributed by atoms with Gasteiger partial charge in [-0.25, -0.2) is 0 Å². The fourth-order valence-corrected chi connectivity index (χ4v) is 16.7. The Balaban J connectivity index is 0.000000115. The molecule has 0 heteroatoms. The fraction of sp³-hybridized carbons (Fsp3) is 0.0400. The Kier molecular flexibility index (Phi) is 27.3. The van der Waals surface area contributed by atoms with E-state index >= 15 is 0 Å². The van der Waals surface area contributed by atoms with E-state index in [0.29, 0.717) is 0 Å². The minimum absolute atomic E-state index is 1.24. The third kappa shape index (κ3) is 20.7. The van der Waals surface area contributed by atoms with Crippen LogP contribution in [0.25, 0.3) is 167 Å². The number of benzene rings is 20. The van der Waals surface area contributed by atoms with Crippen molar-refractivity contribution in [1.82, 2.24) is 0 Å². The van der Waals surface area contributed by atoms with Crippen LogP contribution in [0.5, 0.6) is 0 Å². The lowest BCUT2D eigenvalue weighted by atomic mass is 9.87. The molecular formula is C125H100. The van der Waals surface area contributed by atoms with Gasteiger partial charge in [0.15, 0.2) is 0 Å². The van der Waals surface area contributed by atoms with Gasteiger partial charge in [-0.05, 0) is 255 Å². The van der Waals surface area contributed by atoms with Crippen LogP contribution in [0.4, 0.5) is 0 Å². The van der Waals surface area contributed by atoms with Crippen molar-refractivity contribution in [2.45, 2.75) is 34.6 Å². The summed E-state index contributed by atoms with van der Waals surface area (Å²) >= 11 is 0. The molecule has 0 N–H and O–H groups in total. The molecule has 0 amide bonds. The molecule has 0 unspecified atom stereocenters. The largest absolute Gasteiger partial charge is 0.0622 e. The van der Waals surface area contributed by atoms with E-state index in [1.165, 1.54) is 195 Å². The molecule has 125 heavy (non-hydrogen) atoms. The van der Waals surface area contributed by atoms with Crippen LogP contribution in [-0.4, -0.2) is 0 Å². The molecule has 0 aromatic heterocycles. The maximum absolute atomic E-state index is 2.30. The van der Waals surface area contributed by atoms with Crippen molar-refractivity contribution in [2.24, 2.45) is 0 Å². The minimum Gasteiger partial charge on any atom is -0.0622 e. The first-order valence-electron chi connectivity index (χ1n) is 43.2. The molecule has 0 nitrogen and oxygen atoms in total. The average Bonchev–Trinajstić information content (AvgIpc) is 0.793. The zero-order valence-corrected chi connectivity index (χ0v) is 71.6. The molecule has 0 aliphatic rings. The van der Waals surface area contributed by atoms with E-state index in [9.17, 15) is 0 Å². The van der Waals surface area contributed by atoms with Crippen molar-refractivity contribution >= 4 is 0 Å². The summed E-state index contributed by atoms with van der Waals surface area (Å²) in [6.07, 6.45) is 0. The molecule has 20 rings (SSSR count). The van der Waals surface area contributed by atoms with Crippen molar-refractivity contribution in [3.63, 3.8) is 0 Å². The van der Waals surface area contributed by atoms with Gasteiger partial charge in [0.1, 0.15) is 0 Å². The molecule has 20 aromatic rings. The summed E-state index contributed by atoms with van der Waals surface area (Å²) in [6, 6.07) is 183. The lowest BCUT2D eigenvalue weighted by Crippen LogP contribution is -1.92. The van der Waals surface area contributed by atoms with Crippen LogP contribution in [-0.2, 0) is 0 Å². The molecule has 0 aliphatic carbocycles. The molecule has 0 spiro atoms. The summed E-state index contributed by atoms with van der Waals surface area (Å²) in [7, 11) is 0. The van der Waals surface area contributed by atoms with Gasteiger partial charge in [-0.3, -0.25) is 0 Å². The lowest BCUT2D eigenvalue weighted by Gasteiger charge is -2.17. The Bertz CT molecular complexity index is 6710. The van der Waals surface area contributed by atoms with Gasteiger partial charge in [-0.1, -0.05) is 490 Å². The van der Waals surface area contributed by atoms with Gasteiger partial charge in [-0.15, -0.1) is 0 Å². The third-order valence-electron chi connectivity index (χ3n) is 22.9. The minimum atomic E-state index is 1.24. The molecule has 0 atom stereocenters. The Morgan fingerprint density at radius 1 is 0.0960 bits per heavy atom. The Morgan fingerprint density at radius 3 is 0.728 bits per heavy atom. The van der Waals surface area contributed by atoms with Crippen LogP contribution in [0, 0.1) is 34.6 Å².